The Balaban J connectivity index is 5.00. The predicted octanol–water partition coefficient (Wildman–Crippen LogP) is 1.07. The molecule has 0 fully saturated rings. The van der Waals surface area contributed by atoms with Gasteiger partial charge in [-0.25, -0.2) is 0 Å². The lowest BCUT2D eigenvalue weighted by Gasteiger charge is -2.26. The van der Waals surface area contributed by atoms with Crippen molar-refractivity contribution in [3.63, 3.8) is 0 Å². The third kappa shape index (κ3) is 7.72. The summed E-state index contributed by atoms with van der Waals surface area (Å²) in [6.07, 6.45) is -0.716. The molecule has 24 heavy (non-hydrogen) atoms. The summed E-state index contributed by atoms with van der Waals surface area (Å²) < 4.78 is 22.7. The number of aliphatic carboxylic acids is 2. The maximum atomic E-state index is 12.2. The molecule has 0 radical (unpaired) electrons. The second-order valence-corrected chi connectivity index (χ2v) is 6.39. The lowest BCUT2D eigenvalue weighted by atomic mass is 9.97. The average molecular weight is 368 g/mol. The van der Waals surface area contributed by atoms with Gasteiger partial charge in [-0.2, -0.15) is 0 Å². The third-order valence-corrected chi connectivity index (χ3v) is 4.80. The van der Waals surface area contributed by atoms with Gasteiger partial charge in [0.1, 0.15) is 0 Å². The van der Waals surface area contributed by atoms with Crippen LogP contribution in [0.2, 0.25) is 0 Å². The van der Waals surface area contributed by atoms with Gasteiger partial charge in [0.2, 0.25) is 0 Å². The zero-order chi connectivity index (χ0) is 18.7. The van der Waals surface area contributed by atoms with Crippen molar-refractivity contribution in [2.45, 2.75) is 51.7 Å². The van der Waals surface area contributed by atoms with Gasteiger partial charge in [0, 0.05) is 0 Å². The molecular weight excluding hydrogens is 339 g/mol. The zero-order valence-corrected chi connectivity index (χ0v) is 15.1. The molecule has 0 aromatic rings. The molecule has 0 heterocycles. The van der Waals surface area contributed by atoms with Crippen molar-refractivity contribution in [1.82, 2.24) is 0 Å². The first-order chi connectivity index (χ1) is 11.3. The molecule has 0 spiro atoms. The Morgan fingerprint density at radius 2 is 1.25 bits per heavy atom. The smallest absolute Gasteiger partial charge is 0.319 e. The van der Waals surface area contributed by atoms with E-state index in [-0.39, 0.29) is 38.8 Å². The number of rotatable bonds is 14. The topological polar surface area (TPSA) is 162 Å². The number of carbonyl (C=O) groups is 2. The number of carboxylic acids is 2. The summed E-state index contributed by atoms with van der Waals surface area (Å²) in [4.78, 5) is 22.5. The first-order valence-corrected chi connectivity index (χ1v) is 9.27. The van der Waals surface area contributed by atoms with Crippen LogP contribution in [0.4, 0.5) is 0 Å². The van der Waals surface area contributed by atoms with Crippen LogP contribution >= 0.6 is 8.25 Å². The van der Waals surface area contributed by atoms with Crippen molar-refractivity contribution in [3.05, 3.63) is 0 Å². The Morgan fingerprint density at radius 3 is 1.46 bits per heavy atom. The van der Waals surface area contributed by atoms with E-state index in [2.05, 4.69) is 0 Å². The van der Waals surface area contributed by atoms with Crippen LogP contribution in [-0.2, 0) is 23.2 Å². The number of carboxylic acid groups (broad SMARTS) is 2. The van der Waals surface area contributed by atoms with Gasteiger partial charge in [-0.05, 0) is 38.8 Å². The van der Waals surface area contributed by atoms with Gasteiger partial charge in [0.25, 0.3) is 0 Å². The highest BCUT2D eigenvalue weighted by Gasteiger charge is 2.32. The molecular formula is C14H29N2O7P. The molecule has 9 nitrogen and oxygen atoms in total. The Bertz CT molecular complexity index is 386. The quantitative estimate of drug-likeness (QED) is 0.328. The average Bonchev–Trinajstić information content (AvgIpc) is 2.48. The fourth-order valence-corrected chi connectivity index (χ4v) is 3.60. The highest BCUT2D eigenvalue weighted by molar-refractivity contribution is 7.33. The van der Waals surface area contributed by atoms with Crippen LogP contribution in [0.1, 0.15) is 39.5 Å². The minimum absolute atomic E-state index is 0.169. The summed E-state index contributed by atoms with van der Waals surface area (Å²) in [6.45, 7) is 3.70. The first kappa shape index (κ1) is 23.0. The summed E-state index contributed by atoms with van der Waals surface area (Å²) in [5.74, 6) is -3.86. The standard InChI is InChI=1S/C14H29N2O7P/c1-3-9(13(17)18)11(5-7-15)22-24(21)23-12(6-8-16)10(4-2)14(19)20/h9-12,24H,3-8,15-16H2,1-2H3,(H,17,18)(H,19,20). The number of hydrogen-bond acceptors (Lipinski definition) is 7. The molecule has 0 saturated carbocycles. The van der Waals surface area contributed by atoms with Crippen molar-refractivity contribution in [2.75, 3.05) is 13.1 Å². The second kappa shape index (κ2) is 12.4. The molecule has 142 valence electrons. The predicted molar refractivity (Wildman–Crippen MR) is 88.9 cm³/mol. The van der Waals surface area contributed by atoms with Crippen molar-refractivity contribution < 1.29 is 33.4 Å². The van der Waals surface area contributed by atoms with Gasteiger partial charge >= 0.3 is 20.2 Å². The molecule has 10 heteroatoms. The fourth-order valence-electron chi connectivity index (χ4n) is 2.48. The minimum atomic E-state index is -3.09. The molecule has 0 aliphatic heterocycles. The van der Waals surface area contributed by atoms with E-state index in [0.29, 0.717) is 0 Å². The van der Waals surface area contributed by atoms with Crippen LogP contribution in [0.5, 0.6) is 0 Å². The van der Waals surface area contributed by atoms with E-state index in [4.69, 9.17) is 20.5 Å². The molecule has 4 atom stereocenters. The van der Waals surface area contributed by atoms with Crippen molar-refractivity contribution in [1.29, 1.82) is 0 Å². The van der Waals surface area contributed by atoms with Crippen molar-refractivity contribution >= 4 is 20.2 Å². The maximum absolute atomic E-state index is 12.2. The minimum Gasteiger partial charge on any atom is -0.481 e. The highest BCUT2D eigenvalue weighted by Crippen LogP contribution is 2.35. The van der Waals surface area contributed by atoms with Crippen LogP contribution in [0.3, 0.4) is 0 Å². The molecule has 0 aliphatic carbocycles. The van der Waals surface area contributed by atoms with E-state index in [9.17, 15) is 24.4 Å². The Hall–Kier alpha value is -0.990. The monoisotopic (exact) mass is 368 g/mol. The van der Waals surface area contributed by atoms with E-state index in [1.165, 1.54) is 0 Å². The third-order valence-electron chi connectivity index (χ3n) is 3.81. The van der Waals surface area contributed by atoms with Crippen LogP contribution in [0.25, 0.3) is 0 Å². The van der Waals surface area contributed by atoms with Crippen molar-refractivity contribution in [3.8, 4) is 0 Å². The Labute approximate surface area is 142 Å². The summed E-state index contributed by atoms with van der Waals surface area (Å²) in [7, 11) is -3.09. The molecule has 6 N–H and O–H groups in total. The van der Waals surface area contributed by atoms with Gasteiger partial charge in [-0.3, -0.25) is 14.2 Å². The summed E-state index contributed by atoms with van der Waals surface area (Å²) in [6, 6.07) is 0. The molecule has 0 amide bonds. The molecule has 0 aromatic carbocycles. The Morgan fingerprint density at radius 1 is 0.917 bits per heavy atom. The summed E-state index contributed by atoms with van der Waals surface area (Å²) >= 11 is 0. The molecule has 4 unspecified atom stereocenters. The van der Waals surface area contributed by atoms with E-state index in [1.807, 2.05) is 0 Å². The summed E-state index contributed by atoms with van der Waals surface area (Å²) in [5.41, 5.74) is 10.9. The number of hydrogen-bond donors (Lipinski definition) is 4. The van der Waals surface area contributed by atoms with Gasteiger partial charge in [0.05, 0.1) is 24.0 Å². The van der Waals surface area contributed by atoms with E-state index < -0.39 is 44.2 Å². The fraction of sp³-hybridized carbons (Fsp3) is 0.857. The maximum Gasteiger partial charge on any atom is 0.319 e. The van der Waals surface area contributed by atoms with E-state index in [0.717, 1.165) is 0 Å². The lowest BCUT2D eigenvalue weighted by molar-refractivity contribution is -0.145. The molecule has 0 bridgehead atoms. The normalized spacial score (nSPS) is 17.7. The zero-order valence-electron chi connectivity index (χ0n) is 14.1. The molecule has 0 aromatic heterocycles. The largest absolute Gasteiger partial charge is 0.481 e. The van der Waals surface area contributed by atoms with Crippen molar-refractivity contribution in [2.24, 2.45) is 23.3 Å². The molecule has 0 aliphatic rings. The molecule has 0 rings (SSSR count). The Kier molecular flexibility index (Phi) is 11.9. The van der Waals surface area contributed by atoms with Crippen LogP contribution in [0.15, 0.2) is 0 Å². The van der Waals surface area contributed by atoms with Crippen LogP contribution in [-0.4, -0.2) is 47.4 Å². The second-order valence-electron chi connectivity index (χ2n) is 5.42. The van der Waals surface area contributed by atoms with E-state index >= 15 is 0 Å². The van der Waals surface area contributed by atoms with E-state index in [1.54, 1.807) is 13.8 Å². The van der Waals surface area contributed by atoms with Crippen LogP contribution < -0.4 is 11.5 Å². The SMILES string of the molecule is CCC(C(=O)O)C(CCN)O[PH](=O)OC(CCN)C(CC)C(=O)O. The summed E-state index contributed by atoms with van der Waals surface area (Å²) in [5, 5.41) is 18.4. The van der Waals surface area contributed by atoms with Gasteiger partial charge < -0.3 is 30.7 Å². The van der Waals surface area contributed by atoms with Crippen LogP contribution in [0, 0.1) is 11.8 Å². The molecule has 0 saturated heterocycles. The highest BCUT2D eigenvalue weighted by atomic mass is 31.1. The number of nitrogens with two attached hydrogens (primary N) is 2. The lowest BCUT2D eigenvalue weighted by Crippen LogP contribution is -2.33. The van der Waals surface area contributed by atoms with Gasteiger partial charge in [-0.1, -0.05) is 13.8 Å². The first-order valence-electron chi connectivity index (χ1n) is 8.05. The van der Waals surface area contributed by atoms with Gasteiger partial charge in [-0.15, -0.1) is 0 Å². The van der Waals surface area contributed by atoms with Gasteiger partial charge in [0.15, 0.2) is 0 Å².